The van der Waals surface area contributed by atoms with Gasteiger partial charge in [-0.25, -0.2) is 0 Å². The van der Waals surface area contributed by atoms with Crippen molar-refractivity contribution in [1.29, 1.82) is 0 Å². The molecule has 0 saturated heterocycles. The van der Waals surface area contributed by atoms with Crippen LogP contribution in [-0.4, -0.2) is 12.2 Å². The zero-order valence-electron chi connectivity index (χ0n) is 10.2. The van der Waals surface area contributed by atoms with Crippen LogP contribution in [0.4, 0.5) is 0 Å². The predicted octanol–water partition coefficient (Wildman–Crippen LogP) is 4.50. The molecule has 0 aromatic heterocycles. The molecule has 19 heavy (non-hydrogen) atoms. The number of ether oxygens (including phenoxy) is 2. The molecule has 0 aliphatic rings. The molecule has 1 N–H and O–H groups in total. The van der Waals surface area contributed by atoms with E-state index in [1.165, 1.54) is 0 Å². The van der Waals surface area contributed by atoms with Crippen LogP contribution in [0.2, 0.25) is 0 Å². The molecule has 0 aliphatic carbocycles. The largest absolute Gasteiger partial charge is 0.497 e. The molecular formula is C14H12Br2O3. The highest BCUT2D eigenvalue weighted by Crippen LogP contribution is 2.34. The van der Waals surface area contributed by atoms with E-state index in [2.05, 4.69) is 31.9 Å². The minimum Gasteiger partial charge on any atom is -0.497 e. The van der Waals surface area contributed by atoms with Crippen LogP contribution >= 0.6 is 31.9 Å². The lowest BCUT2D eigenvalue weighted by atomic mass is 10.2. The van der Waals surface area contributed by atoms with Crippen molar-refractivity contribution in [2.75, 3.05) is 7.11 Å². The summed E-state index contributed by atoms with van der Waals surface area (Å²) in [5.74, 6) is 2.03. The molecule has 0 heterocycles. The summed E-state index contributed by atoms with van der Waals surface area (Å²) in [6.07, 6.45) is 0. The Kier molecular flexibility index (Phi) is 4.85. The highest BCUT2D eigenvalue weighted by Gasteiger charge is 2.08. The van der Waals surface area contributed by atoms with E-state index < -0.39 is 0 Å². The van der Waals surface area contributed by atoms with Gasteiger partial charge in [-0.2, -0.15) is 0 Å². The zero-order chi connectivity index (χ0) is 13.8. The van der Waals surface area contributed by atoms with Gasteiger partial charge in [0, 0.05) is 10.0 Å². The maximum atomic E-state index is 9.34. The van der Waals surface area contributed by atoms with Gasteiger partial charge < -0.3 is 14.6 Å². The van der Waals surface area contributed by atoms with Crippen molar-refractivity contribution in [3.8, 4) is 17.2 Å². The lowest BCUT2D eigenvalue weighted by Crippen LogP contribution is -1.93. The predicted molar refractivity (Wildman–Crippen MR) is 80.8 cm³/mol. The second-order valence-corrected chi connectivity index (χ2v) is 5.58. The zero-order valence-corrected chi connectivity index (χ0v) is 13.4. The van der Waals surface area contributed by atoms with Crippen molar-refractivity contribution in [2.45, 2.75) is 6.61 Å². The Balaban J connectivity index is 2.31. The van der Waals surface area contributed by atoms with E-state index in [0.717, 1.165) is 20.3 Å². The molecule has 2 rings (SSSR count). The van der Waals surface area contributed by atoms with E-state index in [4.69, 9.17) is 9.47 Å². The average molecular weight is 388 g/mol. The van der Waals surface area contributed by atoms with E-state index in [1.54, 1.807) is 7.11 Å². The summed E-state index contributed by atoms with van der Waals surface area (Å²) in [6, 6.07) is 11.0. The topological polar surface area (TPSA) is 38.7 Å². The Hall–Kier alpha value is -1.04. The highest BCUT2D eigenvalue weighted by atomic mass is 79.9. The third kappa shape index (κ3) is 3.49. The van der Waals surface area contributed by atoms with Gasteiger partial charge in [-0.05, 0) is 52.3 Å². The minimum absolute atomic E-state index is 0.0808. The molecule has 2 aromatic carbocycles. The number of hydrogen-bond donors (Lipinski definition) is 1. The van der Waals surface area contributed by atoms with Crippen molar-refractivity contribution >= 4 is 31.9 Å². The van der Waals surface area contributed by atoms with Gasteiger partial charge in [0.05, 0.1) is 18.2 Å². The highest BCUT2D eigenvalue weighted by molar-refractivity contribution is 9.10. The number of hydrogen-bond acceptors (Lipinski definition) is 3. The van der Waals surface area contributed by atoms with E-state index >= 15 is 0 Å². The van der Waals surface area contributed by atoms with Gasteiger partial charge in [-0.1, -0.05) is 15.9 Å². The average Bonchev–Trinajstić information content (AvgIpc) is 2.42. The Labute approximate surface area is 128 Å². The van der Waals surface area contributed by atoms with E-state index in [0.29, 0.717) is 11.5 Å². The summed E-state index contributed by atoms with van der Waals surface area (Å²) in [5.41, 5.74) is 0.720. The molecule has 0 fully saturated rings. The Bertz CT molecular complexity index is 585. The quantitative estimate of drug-likeness (QED) is 0.838. The third-order valence-corrected chi connectivity index (χ3v) is 3.66. The first-order chi connectivity index (χ1) is 9.13. The van der Waals surface area contributed by atoms with Gasteiger partial charge in [0.2, 0.25) is 0 Å². The van der Waals surface area contributed by atoms with Gasteiger partial charge in [0.1, 0.15) is 17.2 Å². The van der Waals surface area contributed by atoms with Crippen LogP contribution in [0.3, 0.4) is 0 Å². The van der Waals surface area contributed by atoms with Crippen LogP contribution < -0.4 is 9.47 Å². The number of halogens is 2. The maximum Gasteiger partial charge on any atom is 0.141 e. The Morgan fingerprint density at radius 2 is 1.79 bits per heavy atom. The molecule has 100 valence electrons. The van der Waals surface area contributed by atoms with Gasteiger partial charge >= 0.3 is 0 Å². The molecule has 0 atom stereocenters. The summed E-state index contributed by atoms with van der Waals surface area (Å²) in [5, 5.41) is 9.34. The summed E-state index contributed by atoms with van der Waals surface area (Å²) in [6.45, 7) is -0.0808. The minimum atomic E-state index is -0.0808. The number of rotatable bonds is 4. The fourth-order valence-electron chi connectivity index (χ4n) is 1.58. The van der Waals surface area contributed by atoms with Crippen LogP contribution in [-0.2, 0) is 6.61 Å². The molecule has 5 heteroatoms. The number of aliphatic hydroxyl groups is 1. The molecular weight excluding hydrogens is 376 g/mol. The van der Waals surface area contributed by atoms with Crippen molar-refractivity contribution in [3.05, 3.63) is 50.9 Å². The second kappa shape index (κ2) is 6.41. The van der Waals surface area contributed by atoms with Crippen LogP contribution in [0.15, 0.2) is 45.3 Å². The van der Waals surface area contributed by atoms with Gasteiger partial charge in [-0.15, -0.1) is 0 Å². The lowest BCUT2D eigenvalue weighted by Gasteiger charge is -2.12. The summed E-state index contributed by atoms with van der Waals surface area (Å²) >= 11 is 6.79. The summed E-state index contributed by atoms with van der Waals surface area (Å²) < 4.78 is 12.6. The number of benzene rings is 2. The van der Waals surface area contributed by atoms with Crippen molar-refractivity contribution < 1.29 is 14.6 Å². The van der Waals surface area contributed by atoms with Gasteiger partial charge in [-0.3, -0.25) is 0 Å². The van der Waals surface area contributed by atoms with Gasteiger partial charge in [0.25, 0.3) is 0 Å². The molecule has 3 nitrogen and oxygen atoms in total. The first-order valence-electron chi connectivity index (χ1n) is 5.54. The first-order valence-corrected chi connectivity index (χ1v) is 7.13. The maximum absolute atomic E-state index is 9.34. The van der Waals surface area contributed by atoms with Crippen LogP contribution in [0.1, 0.15) is 5.56 Å². The molecule has 0 saturated carbocycles. The van der Waals surface area contributed by atoms with Crippen molar-refractivity contribution in [3.63, 3.8) is 0 Å². The van der Waals surface area contributed by atoms with E-state index in [-0.39, 0.29) is 6.61 Å². The summed E-state index contributed by atoms with van der Waals surface area (Å²) in [4.78, 5) is 0. The molecule has 2 aromatic rings. The Morgan fingerprint density at radius 3 is 2.42 bits per heavy atom. The molecule has 0 amide bonds. The Morgan fingerprint density at radius 1 is 1.05 bits per heavy atom. The normalized spacial score (nSPS) is 10.3. The monoisotopic (exact) mass is 386 g/mol. The van der Waals surface area contributed by atoms with Crippen LogP contribution in [0.25, 0.3) is 0 Å². The fourth-order valence-corrected chi connectivity index (χ4v) is 2.43. The van der Waals surface area contributed by atoms with Crippen LogP contribution in [0.5, 0.6) is 17.2 Å². The molecule has 0 aliphatic heterocycles. The lowest BCUT2D eigenvalue weighted by molar-refractivity contribution is 0.276. The fraction of sp³-hybridized carbons (Fsp3) is 0.143. The molecule has 0 radical (unpaired) electrons. The first kappa shape index (κ1) is 14.4. The number of aliphatic hydroxyl groups excluding tert-OH is 1. The van der Waals surface area contributed by atoms with Gasteiger partial charge in [0.15, 0.2) is 0 Å². The molecule has 0 spiro atoms. The number of methoxy groups -OCH3 is 1. The standard InChI is InChI=1S/C14H12Br2O3/c1-18-11-3-5-14(12(16)7-11)19-13-4-2-10(15)6-9(13)8-17/h2-7,17H,8H2,1H3. The van der Waals surface area contributed by atoms with Crippen molar-refractivity contribution in [1.82, 2.24) is 0 Å². The molecule has 0 unspecified atom stereocenters. The molecule has 0 bridgehead atoms. The van der Waals surface area contributed by atoms with E-state index in [1.807, 2.05) is 36.4 Å². The second-order valence-electron chi connectivity index (χ2n) is 3.81. The third-order valence-electron chi connectivity index (χ3n) is 2.55. The van der Waals surface area contributed by atoms with Crippen LogP contribution in [0, 0.1) is 0 Å². The SMILES string of the molecule is COc1ccc(Oc2ccc(Br)cc2CO)c(Br)c1. The van der Waals surface area contributed by atoms with E-state index in [9.17, 15) is 5.11 Å². The van der Waals surface area contributed by atoms with Crippen molar-refractivity contribution in [2.24, 2.45) is 0 Å². The smallest absolute Gasteiger partial charge is 0.141 e. The summed E-state index contributed by atoms with van der Waals surface area (Å²) in [7, 11) is 1.61.